The van der Waals surface area contributed by atoms with Gasteiger partial charge in [0.15, 0.2) is 11.0 Å². The molecule has 5 rings (SSSR count). The van der Waals surface area contributed by atoms with E-state index in [-0.39, 0.29) is 11.6 Å². The molecule has 168 valence electrons. The van der Waals surface area contributed by atoms with Crippen LogP contribution in [0.2, 0.25) is 0 Å². The molecule has 2 fully saturated rings. The minimum atomic E-state index is -1.74. The number of carbonyl (C=O) groups excluding carboxylic acids is 1. The number of benzene rings is 2. The second kappa shape index (κ2) is 8.67. The van der Waals surface area contributed by atoms with Gasteiger partial charge in [0, 0.05) is 12.0 Å². The number of carbonyl (C=O) groups is 1. The maximum atomic E-state index is 13.9. The number of ether oxygens (including phenoxy) is 2. The second-order valence-corrected chi connectivity index (χ2v) is 9.61. The fourth-order valence-electron chi connectivity index (χ4n) is 4.51. The van der Waals surface area contributed by atoms with Crippen LogP contribution in [0.3, 0.4) is 0 Å². The molecule has 2 N–H and O–H groups in total. The Kier molecular flexibility index (Phi) is 5.73. The quantitative estimate of drug-likeness (QED) is 0.643. The normalized spacial score (nSPS) is 24.4. The third kappa shape index (κ3) is 4.04. The number of halogens is 1. The molecule has 3 aliphatic rings. The summed E-state index contributed by atoms with van der Waals surface area (Å²) in [4.78, 5) is 13.0. The van der Waals surface area contributed by atoms with Gasteiger partial charge in [-0.2, -0.15) is 0 Å². The summed E-state index contributed by atoms with van der Waals surface area (Å²) in [6.07, 6.45) is 6.93. The first-order chi connectivity index (χ1) is 15.5. The highest BCUT2D eigenvalue weighted by atomic mass is 32.2. The van der Waals surface area contributed by atoms with Crippen molar-refractivity contribution in [2.75, 3.05) is 25.0 Å². The maximum absolute atomic E-state index is 13.9. The predicted octanol–water partition coefficient (Wildman–Crippen LogP) is 4.01. The number of esters is 1. The second-order valence-electron chi connectivity index (χ2n) is 8.43. The van der Waals surface area contributed by atoms with Gasteiger partial charge >= 0.3 is 5.97 Å². The van der Waals surface area contributed by atoms with E-state index in [2.05, 4.69) is 10.0 Å². The van der Waals surface area contributed by atoms with Crippen molar-refractivity contribution in [3.63, 3.8) is 0 Å². The van der Waals surface area contributed by atoms with Crippen LogP contribution >= 0.6 is 0 Å². The first-order valence-electron chi connectivity index (χ1n) is 10.8. The first kappa shape index (κ1) is 21.2. The monoisotopic (exact) mass is 456 g/mol. The number of hydrogen-bond acceptors (Lipinski definition) is 5. The van der Waals surface area contributed by atoms with Crippen LogP contribution in [0.25, 0.3) is 6.08 Å². The van der Waals surface area contributed by atoms with Gasteiger partial charge in [0.2, 0.25) is 0 Å². The van der Waals surface area contributed by atoms with Gasteiger partial charge in [-0.25, -0.2) is 13.4 Å². The zero-order chi connectivity index (χ0) is 22.2. The first-order valence-corrected chi connectivity index (χ1v) is 12.0. The number of rotatable bonds is 6. The van der Waals surface area contributed by atoms with Crippen molar-refractivity contribution in [1.82, 2.24) is 5.32 Å². The molecule has 2 heterocycles. The molecule has 0 bridgehead atoms. The van der Waals surface area contributed by atoms with Crippen molar-refractivity contribution >= 4 is 28.7 Å². The molecule has 2 aromatic rings. The van der Waals surface area contributed by atoms with Crippen LogP contribution in [-0.4, -0.2) is 36.5 Å². The molecule has 2 aromatic carbocycles. The lowest BCUT2D eigenvalue weighted by molar-refractivity contribution is 0.0596. The Balaban J connectivity index is 1.46. The SMILES string of the molecule is COC(=O)c1c(NS(=O)c2ccc(F)cc2C=CC2CCCN2)ccc2c1OCC1CC21. The molecule has 8 heteroatoms. The number of anilines is 1. The van der Waals surface area contributed by atoms with E-state index in [0.717, 1.165) is 31.4 Å². The molecule has 0 amide bonds. The lowest BCUT2D eigenvalue weighted by Crippen LogP contribution is -2.18. The van der Waals surface area contributed by atoms with Crippen LogP contribution in [0.4, 0.5) is 10.1 Å². The van der Waals surface area contributed by atoms with Crippen LogP contribution in [0.1, 0.15) is 46.7 Å². The van der Waals surface area contributed by atoms with E-state index >= 15 is 0 Å². The van der Waals surface area contributed by atoms with E-state index in [1.807, 2.05) is 12.1 Å². The van der Waals surface area contributed by atoms with Crippen LogP contribution in [0.5, 0.6) is 5.75 Å². The molecule has 32 heavy (non-hydrogen) atoms. The summed E-state index contributed by atoms with van der Waals surface area (Å²) >= 11 is 0. The summed E-state index contributed by atoms with van der Waals surface area (Å²) < 4.78 is 41.0. The van der Waals surface area contributed by atoms with E-state index in [4.69, 9.17) is 9.47 Å². The van der Waals surface area contributed by atoms with Gasteiger partial charge in [-0.3, -0.25) is 0 Å². The Bertz CT molecular complexity index is 1110. The van der Waals surface area contributed by atoms with Gasteiger partial charge in [0.25, 0.3) is 0 Å². The molecule has 1 saturated heterocycles. The van der Waals surface area contributed by atoms with Crippen LogP contribution in [0.15, 0.2) is 41.3 Å². The number of hydrogen-bond donors (Lipinski definition) is 2. The number of methoxy groups -OCH3 is 1. The smallest absolute Gasteiger partial charge is 0.343 e. The lowest BCUT2D eigenvalue weighted by atomic mass is 10.0. The van der Waals surface area contributed by atoms with Crippen molar-refractivity contribution in [2.24, 2.45) is 5.92 Å². The van der Waals surface area contributed by atoms with E-state index in [0.29, 0.717) is 40.3 Å². The highest BCUT2D eigenvalue weighted by Gasteiger charge is 2.45. The molecular weight excluding hydrogens is 431 g/mol. The Morgan fingerprint density at radius 1 is 1.34 bits per heavy atom. The number of nitrogens with one attached hydrogen (secondary N) is 2. The minimum Gasteiger partial charge on any atom is -0.492 e. The van der Waals surface area contributed by atoms with E-state index < -0.39 is 22.8 Å². The topological polar surface area (TPSA) is 76.7 Å². The molecule has 1 aliphatic carbocycles. The Hall–Kier alpha value is -2.71. The largest absolute Gasteiger partial charge is 0.492 e. The Morgan fingerprint density at radius 3 is 3.00 bits per heavy atom. The van der Waals surface area contributed by atoms with Gasteiger partial charge in [-0.15, -0.1) is 0 Å². The summed E-state index contributed by atoms with van der Waals surface area (Å²) in [5, 5.41) is 3.35. The zero-order valence-electron chi connectivity index (χ0n) is 17.7. The van der Waals surface area contributed by atoms with Gasteiger partial charge in [-0.1, -0.05) is 18.2 Å². The van der Waals surface area contributed by atoms with Crippen LogP contribution < -0.4 is 14.8 Å². The fraction of sp³-hybridized carbons (Fsp3) is 0.375. The molecule has 4 unspecified atom stereocenters. The van der Waals surface area contributed by atoms with E-state index in [1.54, 1.807) is 12.1 Å². The van der Waals surface area contributed by atoms with Gasteiger partial charge in [0.1, 0.15) is 17.1 Å². The molecule has 0 radical (unpaired) electrons. The molecule has 0 spiro atoms. The third-order valence-electron chi connectivity index (χ3n) is 6.32. The number of fused-ring (bicyclic) bond motifs is 3. The molecule has 1 saturated carbocycles. The molecule has 6 nitrogen and oxygen atoms in total. The van der Waals surface area contributed by atoms with Gasteiger partial charge in [-0.05, 0) is 67.1 Å². The van der Waals surface area contributed by atoms with Crippen molar-refractivity contribution in [3.8, 4) is 5.75 Å². The summed E-state index contributed by atoms with van der Waals surface area (Å²) in [5.41, 5.74) is 2.13. The molecule has 4 atom stereocenters. The third-order valence-corrected chi connectivity index (χ3v) is 7.50. The lowest BCUT2D eigenvalue weighted by Gasteiger charge is -2.21. The van der Waals surface area contributed by atoms with Gasteiger partial charge in [0.05, 0.1) is 24.3 Å². The summed E-state index contributed by atoms with van der Waals surface area (Å²) in [5.74, 6) is 0.459. The highest BCUT2D eigenvalue weighted by Crippen LogP contribution is 2.55. The summed E-state index contributed by atoms with van der Waals surface area (Å²) in [7, 11) is -0.426. The Labute approximate surface area is 188 Å². The average Bonchev–Trinajstić information content (AvgIpc) is 3.41. The van der Waals surface area contributed by atoms with E-state index in [9.17, 15) is 13.4 Å². The minimum absolute atomic E-state index is 0.225. The fourth-order valence-corrected chi connectivity index (χ4v) is 5.52. The zero-order valence-corrected chi connectivity index (χ0v) is 18.5. The van der Waals surface area contributed by atoms with Crippen LogP contribution in [0, 0.1) is 11.7 Å². The predicted molar refractivity (Wildman–Crippen MR) is 121 cm³/mol. The summed E-state index contributed by atoms with van der Waals surface area (Å²) in [6, 6.07) is 8.04. The van der Waals surface area contributed by atoms with E-state index in [1.165, 1.54) is 25.3 Å². The summed E-state index contributed by atoms with van der Waals surface area (Å²) in [6.45, 7) is 1.52. The average molecular weight is 457 g/mol. The molecule has 2 aliphatic heterocycles. The maximum Gasteiger partial charge on any atom is 0.343 e. The standard InChI is InChI=1S/C24H25FN2O4S/c1-30-24(28)22-20(8-7-18-19-12-15(19)13-31-23(18)22)27-32(29)21-9-5-16(25)11-14(21)4-6-17-3-2-10-26-17/h4-9,11,15,17,19,26-27H,2-3,10,12-13H2,1H3. The Morgan fingerprint density at radius 2 is 2.22 bits per heavy atom. The van der Waals surface area contributed by atoms with Crippen molar-refractivity contribution in [1.29, 1.82) is 0 Å². The highest BCUT2D eigenvalue weighted by molar-refractivity contribution is 7.86. The molecule has 0 aromatic heterocycles. The van der Waals surface area contributed by atoms with Crippen molar-refractivity contribution in [2.45, 2.75) is 36.1 Å². The van der Waals surface area contributed by atoms with Crippen molar-refractivity contribution in [3.05, 3.63) is 58.9 Å². The van der Waals surface area contributed by atoms with Gasteiger partial charge < -0.3 is 19.5 Å². The van der Waals surface area contributed by atoms with Crippen LogP contribution in [-0.2, 0) is 15.7 Å². The molecular formula is C24H25FN2O4S. The van der Waals surface area contributed by atoms with Crippen molar-refractivity contribution < 1.29 is 22.9 Å².